The Morgan fingerprint density at radius 1 is 1.00 bits per heavy atom. The summed E-state index contributed by atoms with van der Waals surface area (Å²) >= 11 is 0. The van der Waals surface area contributed by atoms with Gasteiger partial charge in [-0.15, -0.1) is 0 Å². The molecule has 1 unspecified atom stereocenters. The zero-order chi connectivity index (χ0) is 33.2. The number of hydrogen-bond acceptors (Lipinski definition) is 6. The van der Waals surface area contributed by atoms with Crippen LogP contribution in [0.4, 0.5) is 0 Å². The van der Waals surface area contributed by atoms with E-state index in [0.717, 1.165) is 53.5 Å². The van der Waals surface area contributed by atoms with Gasteiger partial charge in [-0.25, -0.2) is 4.79 Å². The standard InChI is InChI=1S/C38H49NO6Si/c1-24-32(42-5)21-28(22-33(24)43-6)36(45-46(7,8)38(2,3)4)34(44-30-19-26-13-9-10-14-27(26)20-30)23-29-17-11-15-25-16-12-18-31(37(40)41)35(25)39-29/h9-10,12-16,18,21-22,29-30,34,36H,11,17,19-20,23H2,1-8H3,(H,40,41)/t29?,34-,36+/m0/s1. The zero-order valence-corrected chi connectivity index (χ0v) is 29.6. The van der Waals surface area contributed by atoms with Gasteiger partial charge in [0.2, 0.25) is 0 Å². The lowest BCUT2D eigenvalue weighted by atomic mass is 9.95. The predicted molar refractivity (Wildman–Crippen MR) is 184 cm³/mol. The molecule has 246 valence electrons. The number of carbonyl (C=O) groups is 1. The number of aromatic carboxylic acids is 1. The number of carboxylic acids is 1. The number of rotatable bonds is 11. The van der Waals surface area contributed by atoms with Crippen molar-refractivity contribution in [2.75, 3.05) is 14.2 Å². The molecule has 7 nitrogen and oxygen atoms in total. The van der Waals surface area contributed by atoms with Crippen LogP contribution in [0.3, 0.4) is 0 Å². The summed E-state index contributed by atoms with van der Waals surface area (Å²) in [4.78, 5) is 17.3. The highest BCUT2D eigenvalue weighted by molar-refractivity contribution is 6.74. The number of nitrogens with zero attached hydrogens (tertiary/aromatic N) is 1. The van der Waals surface area contributed by atoms with Crippen molar-refractivity contribution in [1.29, 1.82) is 0 Å². The molecule has 0 saturated heterocycles. The average molecular weight is 644 g/mol. The van der Waals surface area contributed by atoms with Gasteiger partial charge in [0, 0.05) is 5.56 Å². The second-order valence-electron chi connectivity index (χ2n) is 14.2. The van der Waals surface area contributed by atoms with E-state index in [1.165, 1.54) is 11.1 Å². The molecule has 3 aromatic rings. The molecule has 8 heteroatoms. The molecule has 46 heavy (non-hydrogen) atoms. The van der Waals surface area contributed by atoms with E-state index in [1.807, 2.05) is 13.0 Å². The topological polar surface area (TPSA) is 86.6 Å². The molecule has 0 saturated carbocycles. The molecule has 0 bridgehead atoms. The van der Waals surface area contributed by atoms with E-state index in [-0.39, 0.29) is 28.9 Å². The van der Waals surface area contributed by atoms with Crippen molar-refractivity contribution in [2.24, 2.45) is 4.99 Å². The maximum absolute atomic E-state index is 12.2. The fourth-order valence-corrected chi connectivity index (χ4v) is 7.67. The van der Waals surface area contributed by atoms with Crippen LogP contribution >= 0.6 is 0 Å². The first-order valence-corrected chi connectivity index (χ1v) is 19.2. The molecule has 1 aliphatic carbocycles. The van der Waals surface area contributed by atoms with Crippen molar-refractivity contribution in [2.45, 2.75) is 102 Å². The number of carboxylic acid groups (broad SMARTS) is 1. The summed E-state index contributed by atoms with van der Waals surface area (Å²) in [6.45, 7) is 13.3. The summed E-state index contributed by atoms with van der Waals surface area (Å²) in [5.41, 5.74) is 4.74. The number of benzene rings is 3. The maximum Gasteiger partial charge on any atom is 0.337 e. The molecule has 2 aliphatic rings. The number of para-hydroxylation sites is 1. The summed E-state index contributed by atoms with van der Waals surface area (Å²) in [6, 6.07) is 17.9. The summed E-state index contributed by atoms with van der Waals surface area (Å²) in [5.74, 6) is 0.502. The van der Waals surface area contributed by atoms with Gasteiger partial charge in [-0.05, 0) is 97.3 Å². The summed E-state index contributed by atoms with van der Waals surface area (Å²) in [5, 5.41) is 11.4. The molecule has 0 aromatic heterocycles. The van der Waals surface area contributed by atoms with Crippen molar-refractivity contribution in [1.82, 2.24) is 0 Å². The molecule has 5 rings (SSSR count). The minimum atomic E-state index is -2.34. The fourth-order valence-electron chi connectivity index (χ4n) is 6.40. The molecule has 1 N–H and O–H groups in total. The first-order chi connectivity index (χ1) is 21.8. The summed E-state index contributed by atoms with van der Waals surface area (Å²) < 4.78 is 26.2. The molecular formula is C38H49NO6Si. The number of hydrogen-bond donors (Lipinski definition) is 1. The van der Waals surface area contributed by atoms with Crippen LogP contribution in [-0.2, 0) is 22.0 Å². The minimum Gasteiger partial charge on any atom is -0.496 e. The van der Waals surface area contributed by atoms with E-state index >= 15 is 0 Å². The lowest BCUT2D eigenvalue weighted by Crippen LogP contribution is -2.45. The second kappa shape index (κ2) is 13.7. The van der Waals surface area contributed by atoms with Crippen LogP contribution in [0.25, 0.3) is 6.08 Å². The molecule has 0 radical (unpaired) electrons. The quantitative estimate of drug-likeness (QED) is 0.227. The van der Waals surface area contributed by atoms with Crippen molar-refractivity contribution in [3.63, 3.8) is 0 Å². The lowest BCUT2D eigenvalue weighted by molar-refractivity contribution is -0.0763. The first kappa shape index (κ1) is 33.9. The highest BCUT2D eigenvalue weighted by Gasteiger charge is 2.43. The van der Waals surface area contributed by atoms with Crippen molar-refractivity contribution in [3.05, 3.63) is 93.0 Å². The fraction of sp³-hybridized carbons (Fsp3) is 0.474. The molecule has 0 fully saturated rings. The second-order valence-corrected chi connectivity index (χ2v) is 18.9. The molecule has 0 amide bonds. The van der Waals surface area contributed by atoms with Gasteiger partial charge in [0.1, 0.15) is 11.5 Å². The SMILES string of the molecule is COc1cc([C@@H](O[Si](C)(C)C(C)(C)C)[C@H](CC2CCC=c3cccc(C(=O)O)c3=N2)OC2Cc3ccccc3C2)cc(OC)c1C. The Morgan fingerprint density at radius 3 is 2.20 bits per heavy atom. The Morgan fingerprint density at radius 2 is 1.63 bits per heavy atom. The molecule has 1 heterocycles. The normalized spacial score (nSPS) is 18.0. The van der Waals surface area contributed by atoms with Gasteiger partial charge in [0.25, 0.3) is 0 Å². The third-order valence-electron chi connectivity index (χ3n) is 10.0. The van der Waals surface area contributed by atoms with Crippen LogP contribution in [0.15, 0.2) is 59.6 Å². The third-order valence-corrected chi connectivity index (χ3v) is 14.5. The summed E-state index contributed by atoms with van der Waals surface area (Å²) in [6.07, 6.45) is 5.13. The average Bonchev–Trinajstić information content (AvgIpc) is 3.30. The molecule has 3 aromatic carbocycles. The van der Waals surface area contributed by atoms with E-state index in [4.69, 9.17) is 23.6 Å². The smallest absolute Gasteiger partial charge is 0.337 e. The number of methoxy groups -OCH3 is 2. The lowest BCUT2D eigenvalue weighted by Gasteiger charge is -2.42. The Hall–Kier alpha value is -3.46. The van der Waals surface area contributed by atoms with Crippen molar-refractivity contribution in [3.8, 4) is 11.5 Å². The van der Waals surface area contributed by atoms with Crippen LogP contribution in [0, 0.1) is 6.92 Å². The zero-order valence-electron chi connectivity index (χ0n) is 28.6. The summed E-state index contributed by atoms with van der Waals surface area (Å²) in [7, 11) is 1.02. The van der Waals surface area contributed by atoms with E-state index in [9.17, 15) is 9.90 Å². The maximum atomic E-state index is 12.2. The van der Waals surface area contributed by atoms with Crippen LogP contribution in [0.1, 0.15) is 78.7 Å². The van der Waals surface area contributed by atoms with Gasteiger partial charge in [-0.3, -0.25) is 4.99 Å². The number of fused-ring (bicyclic) bond motifs is 2. The van der Waals surface area contributed by atoms with Crippen molar-refractivity contribution < 1.29 is 28.5 Å². The Kier molecular flexibility index (Phi) is 10.1. The number of ether oxygens (including phenoxy) is 3. The van der Waals surface area contributed by atoms with E-state index in [2.05, 4.69) is 76.3 Å². The molecular weight excluding hydrogens is 595 g/mol. The highest BCUT2D eigenvalue weighted by atomic mass is 28.4. The van der Waals surface area contributed by atoms with E-state index in [1.54, 1.807) is 26.4 Å². The van der Waals surface area contributed by atoms with Gasteiger partial charge >= 0.3 is 5.97 Å². The Labute approximate surface area is 274 Å². The van der Waals surface area contributed by atoms with Gasteiger partial charge < -0.3 is 23.7 Å². The Bertz CT molecular complexity index is 1640. The third kappa shape index (κ3) is 7.24. The van der Waals surface area contributed by atoms with Crippen LogP contribution < -0.4 is 20.0 Å². The van der Waals surface area contributed by atoms with Crippen LogP contribution in [-0.4, -0.2) is 51.9 Å². The van der Waals surface area contributed by atoms with E-state index in [0.29, 0.717) is 11.8 Å². The largest absolute Gasteiger partial charge is 0.496 e. The molecule has 3 atom stereocenters. The van der Waals surface area contributed by atoms with Gasteiger partial charge in [0.05, 0.1) is 49.5 Å². The highest BCUT2D eigenvalue weighted by Crippen LogP contribution is 2.44. The van der Waals surface area contributed by atoms with E-state index < -0.39 is 20.4 Å². The first-order valence-electron chi connectivity index (χ1n) is 16.3. The van der Waals surface area contributed by atoms with Gasteiger partial charge in [0.15, 0.2) is 8.32 Å². The minimum absolute atomic E-state index is 0.0126. The van der Waals surface area contributed by atoms with Gasteiger partial charge in [-0.2, -0.15) is 0 Å². The monoisotopic (exact) mass is 643 g/mol. The molecule has 1 aliphatic heterocycles. The predicted octanol–water partition coefficient (Wildman–Crippen LogP) is 6.98. The van der Waals surface area contributed by atoms with Crippen LogP contribution in [0.5, 0.6) is 11.5 Å². The van der Waals surface area contributed by atoms with Gasteiger partial charge in [-0.1, -0.05) is 63.2 Å². The Balaban J connectivity index is 1.62. The van der Waals surface area contributed by atoms with Crippen LogP contribution in [0.2, 0.25) is 18.1 Å². The van der Waals surface area contributed by atoms with Crippen molar-refractivity contribution >= 4 is 20.4 Å². The molecule has 0 spiro atoms.